The lowest BCUT2D eigenvalue weighted by atomic mass is 9.90. The average Bonchev–Trinajstić information content (AvgIpc) is 3.35. The van der Waals surface area contributed by atoms with Crippen molar-refractivity contribution in [2.75, 3.05) is 13.1 Å². The van der Waals surface area contributed by atoms with Crippen molar-refractivity contribution in [3.05, 3.63) is 16.8 Å². The van der Waals surface area contributed by atoms with Gasteiger partial charge < -0.3 is 15.4 Å². The second-order valence-corrected chi connectivity index (χ2v) is 10.8. The number of amides is 1. The maximum atomic E-state index is 11.6. The highest BCUT2D eigenvalue weighted by atomic mass is 32.1. The molecule has 0 bridgehead atoms. The molecule has 1 aliphatic heterocycles. The van der Waals surface area contributed by atoms with Crippen molar-refractivity contribution in [3.8, 4) is 5.88 Å². The zero-order valence-electron chi connectivity index (χ0n) is 18.5. The van der Waals surface area contributed by atoms with Crippen LogP contribution in [-0.2, 0) is 11.2 Å². The van der Waals surface area contributed by atoms with E-state index in [4.69, 9.17) is 10.5 Å². The van der Waals surface area contributed by atoms with Gasteiger partial charge in [-0.2, -0.15) is 0 Å². The number of carbonyl (C=O) groups excluding carboxylic acids is 1. The summed E-state index contributed by atoms with van der Waals surface area (Å²) in [7, 11) is 0. The summed E-state index contributed by atoms with van der Waals surface area (Å²) in [5.41, 5.74) is 6.88. The molecule has 2 N–H and O–H groups in total. The zero-order valence-corrected chi connectivity index (χ0v) is 19.3. The van der Waals surface area contributed by atoms with Crippen LogP contribution in [0.15, 0.2) is 6.33 Å². The van der Waals surface area contributed by atoms with Gasteiger partial charge in [0.1, 0.15) is 17.3 Å². The number of piperidine rings is 1. The van der Waals surface area contributed by atoms with E-state index >= 15 is 0 Å². The summed E-state index contributed by atoms with van der Waals surface area (Å²) >= 11 is 1.77. The van der Waals surface area contributed by atoms with Crippen LogP contribution in [0.3, 0.4) is 0 Å². The molecule has 31 heavy (non-hydrogen) atoms. The van der Waals surface area contributed by atoms with Crippen LogP contribution in [-0.4, -0.2) is 46.0 Å². The fourth-order valence-corrected chi connectivity index (χ4v) is 7.11. The molecule has 0 spiro atoms. The normalized spacial score (nSPS) is 27.8. The van der Waals surface area contributed by atoms with Gasteiger partial charge >= 0.3 is 0 Å². The van der Waals surface area contributed by atoms with Crippen molar-refractivity contribution in [2.45, 2.75) is 89.2 Å². The van der Waals surface area contributed by atoms with E-state index in [1.54, 1.807) is 17.7 Å². The quantitative estimate of drug-likeness (QED) is 0.717. The standard InChI is InChI=1S/C24H34N4O2S/c1-15(22(25)29)13-16-5-10-19-20(16)21-23(26-14-27-24(21)31-19)30-18-8-6-17(7-9-18)28-11-3-2-4-12-28/h14-18H,2-13H2,1H3,(H2,25,29)/t15?,16-,17-,18-/m1/s1. The summed E-state index contributed by atoms with van der Waals surface area (Å²) in [5.74, 6) is 0.758. The summed E-state index contributed by atoms with van der Waals surface area (Å²) in [6.07, 6.45) is 13.5. The Hall–Kier alpha value is -1.73. The summed E-state index contributed by atoms with van der Waals surface area (Å²) in [5, 5.41) is 1.10. The monoisotopic (exact) mass is 442 g/mol. The molecule has 168 valence electrons. The van der Waals surface area contributed by atoms with Crippen molar-refractivity contribution in [2.24, 2.45) is 11.7 Å². The molecule has 2 aromatic heterocycles. The van der Waals surface area contributed by atoms with Gasteiger partial charge in [-0.1, -0.05) is 13.3 Å². The van der Waals surface area contributed by atoms with Crippen LogP contribution < -0.4 is 10.5 Å². The van der Waals surface area contributed by atoms with Crippen LogP contribution in [0.2, 0.25) is 0 Å². The molecule has 2 aliphatic carbocycles. The van der Waals surface area contributed by atoms with Crippen LogP contribution in [0.1, 0.15) is 81.1 Å². The van der Waals surface area contributed by atoms with Crippen LogP contribution in [0.25, 0.3) is 10.2 Å². The van der Waals surface area contributed by atoms with Gasteiger partial charge in [0.15, 0.2) is 0 Å². The first kappa shape index (κ1) is 21.1. The number of nitrogens with zero attached hydrogens (tertiary/aromatic N) is 3. The molecule has 5 rings (SSSR count). The van der Waals surface area contributed by atoms with Crippen molar-refractivity contribution in [1.82, 2.24) is 14.9 Å². The van der Waals surface area contributed by atoms with Crippen molar-refractivity contribution >= 4 is 27.5 Å². The predicted molar refractivity (Wildman–Crippen MR) is 124 cm³/mol. The lowest BCUT2D eigenvalue weighted by molar-refractivity contribution is -0.121. The van der Waals surface area contributed by atoms with Gasteiger partial charge in [0.25, 0.3) is 0 Å². The van der Waals surface area contributed by atoms with E-state index in [9.17, 15) is 4.79 Å². The van der Waals surface area contributed by atoms with Crippen LogP contribution in [0, 0.1) is 5.92 Å². The van der Waals surface area contributed by atoms with Crippen LogP contribution >= 0.6 is 11.3 Å². The lowest BCUT2D eigenvalue weighted by Gasteiger charge is -2.38. The van der Waals surface area contributed by atoms with Gasteiger partial charge in [0, 0.05) is 16.8 Å². The molecule has 2 aromatic rings. The average molecular weight is 443 g/mol. The highest BCUT2D eigenvalue weighted by molar-refractivity contribution is 7.19. The third-order valence-corrected chi connectivity index (χ3v) is 8.82. The minimum absolute atomic E-state index is 0.120. The number of rotatable bonds is 6. The second-order valence-electron chi connectivity index (χ2n) is 9.72. The first-order valence-corrected chi connectivity index (χ1v) is 12.9. The zero-order chi connectivity index (χ0) is 21.4. The molecule has 6 nitrogen and oxygen atoms in total. The van der Waals surface area contributed by atoms with Crippen molar-refractivity contribution in [3.63, 3.8) is 0 Å². The molecule has 3 heterocycles. The Morgan fingerprint density at radius 2 is 1.97 bits per heavy atom. The molecule has 0 radical (unpaired) electrons. The summed E-state index contributed by atoms with van der Waals surface area (Å²) in [6, 6.07) is 0.732. The minimum atomic E-state index is -0.217. The number of aryl methyl sites for hydroxylation is 1. The second kappa shape index (κ2) is 9.02. The minimum Gasteiger partial charge on any atom is -0.474 e. The number of likely N-dealkylation sites (tertiary alicyclic amines) is 1. The molecular weight excluding hydrogens is 408 g/mol. The Labute approximate surface area is 188 Å². The highest BCUT2D eigenvalue weighted by Crippen LogP contribution is 2.48. The fraction of sp³-hybridized carbons (Fsp3) is 0.708. The van der Waals surface area contributed by atoms with Crippen LogP contribution in [0.4, 0.5) is 0 Å². The molecular formula is C24H34N4O2S. The Balaban J connectivity index is 1.31. The van der Waals surface area contributed by atoms with E-state index in [1.807, 2.05) is 6.92 Å². The largest absolute Gasteiger partial charge is 0.474 e. The van der Waals surface area contributed by atoms with Gasteiger partial charge in [0.2, 0.25) is 11.8 Å². The third kappa shape index (κ3) is 4.31. The maximum absolute atomic E-state index is 11.6. The van der Waals surface area contributed by atoms with E-state index in [1.165, 1.54) is 55.6 Å². The van der Waals surface area contributed by atoms with E-state index in [-0.39, 0.29) is 17.9 Å². The van der Waals surface area contributed by atoms with E-state index in [0.29, 0.717) is 5.92 Å². The van der Waals surface area contributed by atoms with Gasteiger partial charge in [0.05, 0.1) is 5.39 Å². The molecule has 1 saturated heterocycles. The number of ether oxygens (including phenoxy) is 1. The van der Waals surface area contributed by atoms with Gasteiger partial charge in [-0.3, -0.25) is 4.79 Å². The van der Waals surface area contributed by atoms with E-state index in [0.717, 1.165) is 54.2 Å². The number of nitrogens with two attached hydrogens (primary N) is 1. The maximum Gasteiger partial charge on any atom is 0.225 e. The van der Waals surface area contributed by atoms with Gasteiger partial charge in [-0.15, -0.1) is 11.3 Å². The highest BCUT2D eigenvalue weighted by Gasteiger charge is 2.33. The first-order chi connectivity index (χ1) is 15.1. The summed E-state index contributed by atoms with van der Waals surface area (Å²) in [4.78, 5) is 25.9. The topological polar surface area (TPSA) is 81.3 Å². The van der Waals surface area contributed by atoms with Crippen molar-refractivity contribution in [1.29, 1.82) is 0 Å². The van der Waals surface area contributed by atoms with Crippen molar-refractivity contribution < 1.29 is 9.53 Å². The summed E-state index contributed by atoms with van der Waals surface area (Å²) < 4.78 is 6.53. The Morgan fingerprint density at radius 1 is 1.19 bits per heavy atom. The molecule has 1 amide bonds. The number of hydrogen-bond acceptors (Lipinski definition) is 6. The van der Waals surface area contributed by atoms with Gasteiger partial charge in [-0.25, -0.2) is 9.97 Å². The number of carbonyl (C=O) groups is 1. The molecule has 7 heteroatoms. The number of thiophene rings is 1. The smallest absolute Gasteiger partial charge is 0.225 e. The fourth-order valence-electron chi connectivity index (χ4n) is 5.88. The lowest BCUT2D eigenvalue weighted by Crippen LogP contribution is -2.42. The van der Waals surface area contributed by atoms with E-state index < -0.39 is 0 Å². The third-order valence-electron chi connectivity index (χ3n) is 7.65. The number of hydrogen-bond donors (Lipinski definition) is 1. The predicted octanol–water partition coefficient (Wildman–Crippen LogP) is 4.41. The molecule has 2 fully saturated rings. The molecule has 0 aromatic carbocycles. The van der Waals surface area contributed by atoms with Crippen LogP contribution in [0.5, 0.6) is 5.88 Å². The molecule has 3 aliphatic rings. The molecule has 1 saturated carbocycles. The SMILES string of the molecule is CC(C[C@H]1CCc2sc3ncnc(O[C@H]4CC[C@H](N5CCCCC5)CC4)c3c21)C(N)=O. The summed E-state index contributed by atoms with van der Waals surface area (Å²) in [6.45, 7) is 4.48. The van der Waals surface area contributed by atoms with E-state index in [2.05, 4.69) is 14.9 Å². The molecule has 1 unspecified atom stereocenters. The number of fused-ring (bicyclic) bond motifs is 3. The molecule has 2 atom stereocenters. The number of primary amides is 1. The number of aromatic nitrogens is 2. The Kier molecular flexibility index (Phi) is 6.15. The Morgan fingerprint density at radius 3 is 2.71 bits per heavy atom. The first-order valence-electron chi connectivity index (χ1n) is 12.1. The Bertz CT molecular complexity index is 931. The van der Waals surface area contributed by atoms with Gasteiger partial charge in [-0.05, 0) is 82.4 Å².